The maximum Gasteiger partial charge on any atom is 0.233 e. The molecule has 1 amide bonds. The molecule has 3 aromatic carbocycles. The van der Waals surface area contributed by atoms with E-state index in [-0.39, 0.29) is 5.91 Å². The molecule has 0 heterocycles. The molecule has 0 bridgehead atoms. The molecule has 25 heavy (non-hydrogen) atoms. The van der Waals surface area contributed by atoms with Gasteiger partial charge in [-0.2, -0.15) is 0 Å². The van der Waals surface area contributed by atoms with Crippen LogP contribution >= 0.6 is 0 Å². The molecule has 3 aromatic rings. The number of hydrogen-bond acceptors (Lipinski definition) is 2. The van der Waals surface area contributed by atoms with Crippen LogP contribution in [0.4, 0.5) is 0 Å². The number of hydrogen-bond donors (Lipinski definition) is 2. The van der Waals surface area contributed by atoms with E-state index in [0.717, 1.165) is 16.7 Å². The van der Waals surface area contributed by atoms with Crippen molar-refractivity contribution in [3.63, 3.8) is 0 Å². The van der Waals surface area contributed by atoms with Crippen molar-refractivity contribution in [3.05, 3.63) is 108 Å². The van der Waals surface area contributed by atoms with Crippen molar-refractivity contribution in [1.29, 1.82) is 0 Å². The highest BCUT2D eigenvalue weighted by Gasteiger charge is 2.36. The first kappa shape index (κ1) is 16.9. The largest absolute Gasteiger partial charge is 0.290 e. The van der Waals surface area contributed by atoms with Crippen LogP contribution in [0, 0.1) is 0 Å². The summed E-state index contributed by atoms with van der Waals surface area (Å²) >= 11 is 0. The monoisotopic (exact) mass is 330 g/mol. The van der Waals surface area contributed by atoms with Gasteiger partial charge in [-0.3, -0.25) is 10.2 Å². The van der Waals surface area contributed by atoms with Crippen LogP contribution in [0.15, 0.2) is 91.0 Å². The fourth-order valence-electron chi connectivity index (χ4n) is 3.03. The summed E-state index contributed by atoms with van der Waals surface area (Å²) in [5, 5.41) is 0. The van der Waals surface area contributed by atoms with Crippen molar-refractivity contribution in [1.82, 2.24) is 10.9 Å². The highest BCUT2D eigenvalue weighted by Crippen LogP contribution is 2.36. The smallest absolute Gasteiger partial charge is 0.233 e. The van der Waals surface area contributed by atoms with Gasteiger partial charge in [0.05, 0.1) is 0 Å². The maximum atomic E-state index is 12.0. The molecule has 3 rings (SSSR count). The van der Waals surface area contributed by atoms with E-state index in [9.17, 15) is 4.79 Å². The third-order valence-electron chi connectivity index (χ3n) is 4.33. The lowest BCUT2D eigenvalue weighted by Crippen LogP contribution is -2.53. The molecule has 0 aromatic heterocycles. The molecule has 0 saturated heterocycles. The molecular formula is C22H22N2O. The molecule has 3 heteroatoms. The number of nitrogens with one attached hydrogen (secondary N) is 2. The molecule has 0 saturated carbocycles. The minimum absolute atomic E-state index is 0.0489. The number of benzene rings is 3. The molecule has 0 radical (unpaired) electrons. The Bertz CT molecular complexity index is 705. The average molecular weight is 330 g/mol. The standard InChI is InChI=1S/C22H22N2O/c1-2-21(25)23-24-22(18-12-6-3-7-13-18,19-14-8-4-9-15-19)20-16-10-5-11-17-20/h3-17,24H,2H2,1H3,(H,23,25). The second-order valence-corrected chi connectivity index (χ2v) is 5.87. The van der Waals surface area contributed by atoms with E-state index >= 15 is 0 Å². The van der Waals surface area contributed by atoms with Gasteiger partial charge >= 0.3 is 0 Å². The fraction of sp³-hybridized carbons (Fsp3) is 0.136. The summed E-state index contributed by atoms with van der Waals surface area (Å²) in [6.45, 7) is 1.84. The van der Waals surface area contributed by atoms with Gasteiger partial charge in [-0.25, -0.2) is 5.43 Å². The van der Waals surface area contributed by atoms with Crippen molar-refractivity contribution in [2.24, 2.45) is 0 Å². The van der Waals surface area contributed by atoms with Crippen LogP contribution in [0.1, 0.15) is 30.0 Å². The van der Waals surface area contributed by atoms with Crippen LogP contribution in [-0.2, 0) is 10.3 Å². The zero-order valence-corrected chi connectivity index (χ0v) is 14.3. The Morgan fingerprint density at radius 2 is 1.08 bits per heavy atom. The Morgan fingerprint density at radius 3 is 1.40 bits per heavy atom. The number of hydrazine groups is 1. The van der Waals surface area contributed by atoms with Gasteiger partial charge in [-0.1, -0.05) is 97.9 Å². The van der Waals surface area contributed by atoms with Crippen molar-refractivity contribution >= 4 is 5.91 Å². The Kier molecular flexibility index (Phi) is 5.26. The Balaban J connectivity index is 2.22. The van der Waals surface area contributed by atoms with Crippen LogP contribution in [-0.4, -0.2) is 5.91 Å². The molecule has 0 atom stereocenters. The lowest BCUT2D eigenvalue weighted by molar-refractivity contribution is -0.122. The lowest BCUT2D eigenvalue weighted by atomic mass is 9.77. The number of carbonyl (C=O) groups excluding carboxylic acids is 1. The topological polar surface area (TPSA) is 41.1 Å². The molecule has 0 aliphatic rings. The van der Waals surface area contributed by atoms with E-state index in [0.29, 0.717) is 6.42 Å². The number of amides is 1. The van der Waals surface area contributed by atoms with Gasteiger partial charge in [0.2, 0.25) is 5.91 Å². The minimum Gasteiger partial charge on any atom is -0.290 e. The predicted molar refractivity (Wildman–Crippen MR) is 101 cm³/mol. The fourth-order valence-corrected chi connectivity index (χ4v) is 3.03. The molecule has 0 aliphatic carbocycles. The van der Waals surface area contributed by atoms with Crippen LogP contribution < -0.4 is 10.9 Å². The quantitative estimate of drug-likeness (QED) is 0.530. The zero-order chi connectivity index (χ0) is 17.5. The molecule has 126 valence electrons. The SMILES string of the molecule is CCC(=O)NNC(c1ccccc1)(c1ccccc1)c1ccccc1. The molecule has 0 unspecified atom stereocenters. The first-order valence-corrected chi connectivity index (χ1v) is 8.50. The Labute approximate surface area is 148 Å². The Hall–Kier alpha value is -2.91. The predicted octanol–water partition coefficient (Wildman–Crippen LogP) is 4.01. The second kappa shape index (κ2) is 7.77. The van der Waals surface area contributed by atoms with E-state index in [2.05, 4.69) is 47.2 Å². The van der Waals surface area contributed by atoms with Crippen molar-refractivity contribution in [2.75, 3.05) is 0 Å². The van der Waals surface area contributed by atoms with E-state index in [1.165, 1.54) is 0 Å². The molecule has 0 fully saturated rings. The summed E-state index contributed by atoms with van der Waals surface area (Å²) < 4.78 is 0. The van der Waals surface area contributed by atoms with Crippen LogP contribution in [0.25, 0.3) is 0 Å². The second-order valence-electron chi connectivity index (χ2n) is 5.87. The van der Waals surface area contributed by atoms with E-state index in [1.54, 1.807) is 0 Å². The van der Waals surface area contributed by atoms with Gasteiger partial charge in [0.1, 0.15) is 5.54 Å². The van der Waals surface area contributed by atoms with Gasteiger partial charge in [-0.15, -0.1) is 0 Å². The normalized spacial score (nSPS) is 11.1. The highest BCUT2D eigenvalue weighted by atomic mass is 16.2. The summed E-state index contributed by atoms with van der Waals surface area (Å²) in [4.78, 5) is 12.0. The van der Waals surface area contributed by atoms with Crippen molar-refractivity contribution in [3.8, 4) is 0 Å². The third-order valence-corrected chi connectivity index (χ3v) is 4.33. The van der Waals surface area contributed by atoms with E-state index in [1.807, 2.05) is 61.5 Å². The van der Waals surface area contributed by atoms with Gasteiger partial charge < -0.3 is 0 Å². The average Bonchev–Trinajstić information content (AvgIpc) is 2.71. The summed E-state index contributed by atoms with van der Waals surface area (Å²) in [5.74, 6) is -0.0489. The van der Waals surface area contributed by atoms with Crippen molar-refractivity contribution < 1.29 is 4.79 Å². The first-order chi connectivity index (χ1) is 12.3. The van der Waals surface area contributed by atoms with Gasteiger partial charge in [0.25, 0.3) is 0 Å². The van der Waals surface area contributed by atoms with Crippen LogP contribution in [0.5, 0.6) is 0 Å². The first-order valence-electron chi connectivity index (χ1n) is 8.50. The van der Waals surface area contributed by atoms with Crippen LogP contribution in [0.2, 0.25) is 0 Å². The molecular weight excluding hydrogens is 308 g/mol. The summed E-state index contributed by atoms with van der Waals surface area (Å²) in [6.07, 6.45) is 0.418. The number of rotatable bonds is 6. The lowest BCUT2D eigenvalue weighted by Gasteiger charge is -2.36. The highest BCUT2D eigenvalue weighted by molar-refractivity contribution is 5.75. The molecule has 3 nitrogen and oxygen atoms in total. The zero-order valence-electron chi connectivity index (χ0n) is 14.3. The summed E-state index contributed by atoms with van der Waals surface area (Å²) in [5.41, 5.74) is 8.72. The molecule has 0 spiro atoms. The molecule has 2 N–H and O–H groups in total. The minimum atomic E-state index is -0.672. The van der Waals surface area contributed by atoms with Gasteiger partial charge in [0.15, 0.2) is 0 Å². The summed E-state index contributed by atoms with van der Waals surface area (Å²) in [7, 11) is 0. The van der Waals surface area contributed by atoms with Gasteiger partial charge in [0, 0.05) is 6.42 Å². The Morgan fingerprint density at radius 1 is 0.720 bits per heavy atom. The third kappa shape index (κ3) is 3.47. The van der Waals surface area contributed by atoms with E-state index < -0.39 is 5.54 Å². The molecule has 0 aliphatic heterocycles. The maximum absolute atomic E-state index is 12.0. The van der Waals surface area contributed by atoms with Gasteiger partial charge in [-0.05, 0) is 16.7 Å². The van der Waals surface area contributed by atoms with Crippen LogP contribution in [0.3, 0.4) is 0 Å². The van der Waals surface area contributed by atoms with Crippen molar-refractivity contribution in [2.45, 2.75) is 18.9 Å². The van der Waals surface area contributed by atoms with E-state index in [4.69, 9.17) is 0 Å². The summed E-state index contributed by atoms with van der Waals surface area (Å²) in [6, 6.07) is 30.5. The number of carbonyl (C=O) groups is 1.